The second-order valence-electron chi connectivity index (χ2n) is 7.85. The molecule has 1 heterocycles. The summed E-state index contributed by atoms with van der Waals surface area (Å²) in [6.07, 6.45) is -4.94. The molecule has 34 heavy (non-hydrogen) atoms. The number of aliphatic hydroxyl groups excluding tert-OH is 1. The van der Waals surface area contributed by atoms with Crippen LogP contribution in [0.4, 0.5) is 0 Å². The third-order valence-corrected chi connectivity index (χ3v) is 5.49. The maximum atomic E-state index is 10.2. The summed E-state index contributed by atoms with van der Waals surface area (Å²) in [7, 11) is 1.43. The number of benzene rings is 3. The fourth-order valence-corrected chi connectivity index (χ4v) is 3.74. The van der Waals surface area contributed by atoms with Crippen LogP contribution in [0.15, 0.2) is 91.0 Å². The molecule has 4 rings (SSSR count). The summed E-state index contributed by atoms with van der Waals surface area (Å²) in [6.45, 7) is -3.78. The summed E-state index contributed by atoms with van der Waals surface area (Å²) in [5.41, 5.74) is 1.83. The van der Waals surface area contributed by atoms with Gasteiger partial charge in [-0.2, -0.15) is 0 Å². The minimum atomic E-state index is -1.12. The third kappa shape index (κ3) is 6.51. The molecule has 0 bridgehead atoms. The summed E-state index contributed by atoms with van der Waals surface area (Å²) >= 11 is 0. The average Bonchev–Trinajstić information content (AvgIpc) is 2.95. The zero-order chi connectivity index (χ0) is 26.2. The molecule has 3 aromatic carbocycles. The van der Waals surface area contributed by atoms with Crippen LogP contribution in [0.5, 0.6) is 0 Å². The Balaban J connectivity index is 1.67. The lowest BCUT2D eigenvalue weighted by molar-refractivity contribution is -0.321. The highest BCUT2D eigenvalue weighted by atomic mass is 16.7. The molecule has 1 saturated heterocycles. The van der Waals surface area contributed by atoms with Gasteiger partial charge in [-0.1, -0.05) is 91.0 Å². The molecule has 0 amide bonds. The number of ether oxygens (including phenoxy) is 5. The van der Waals surface area contributed by atoms with Crippen molar-refractivity contribution in [1.29, 1.82) is 0 Å². The molecule has 3 aromatic rings. The highest BCUT2D eigenvalue weighted by Crippen LogP contribution is 2.30. The summed E-state index contributed by atoms with van der Waals surface area (Å²) in [4.78, 5) is 0. The van der Waals surface area contributed by atoms with Crippen LogP contribution in [-0.2, 0) is 43.4 Å². The van der Waals surface area contributed by atoms with Crippen molar-refractivity contribution in [1.82, 2.24) is 0 Å². The smallest absolute Gasteiger partial charge is 0.186 e. The Morgan fingerprint density at radius 1 is 0.676 bits per heavy atom. The first-order chi connectivity index (χ1) is 18.0. The standard InChI is InChI=1S/C28H32O6/c1-30-28-27(33-20-23-15-9-4-10-16-23)26(32-19-22-13-7-3-8-14-22)25(24(17-29)34-28)31-18-21-11-5-2-6-12-21/h2-16,24-29H,17-20H2,1H3/t24-,25-,26+,27-,28?/m1/s1/i18D,19D,20D/t18?,19?,20?,24-,25-,26+,27-,28?. The zero-order valence-corrected chi connectivity index (χ0v) is 19.0. The molecule has 0 radical (unpaired) electrons. The Bertz CT molecular complexity index is 1000. The Morgan fingerprint density at radius 3 is 1.50 bits per heavy atom. The lowest BCUT2D eigenvalue weighted by Crippen LogP contribution is -2.61. The van der Waals surface area contributed by atoms with Gasteiger partial charge in [0.15, 0.2) is 6.29 Å². The largest absolute Gasteiger partial charge is 0.394 e. The molecular formula is C28H32O6. The molecule has 1 aliphatic heterocycles. The van der Waals surface area contributed by atoms with Gasteiger partial charge in [-0.15, -0.1) is 0 Å². The fourth-order valence-electron chi connectivity index (χ4n) is 3.74. The van der Waals surface area contributed by atoms with Crippen molar-refractivity contribution in [2.75, 3.05) is 13.7 Å². The van der Waals surface area contributed by atoms with Gasteiger partial charge in [0.05, 0.1) is 30.5 Å². The Labute approximate surface area is 205 Å². The minimum Gasteiger partial charge on any atom is -0.394 e. The molecule has 0 aliphatic carbocycles. The molecule has 4 unspecified atom stereocenters. The molecule has 0 spiro atoms. The maximum absolute atomic E-state index is 10.2. The van der Waals surface area contributed by atoms with Gasteiger partial charge >= 0.3 is 0 Å². The quantitative estimate of drug-likeness (QED) is 0.458. The van der Waals surface area contributed by atoms with Crippen molar-refractivity contribution in [3.05, 3.63) is 108 Å². The third-order valence-electron chi connectivity index (χ3n) is 5.49. The number of aliphatic hydroxyl groups is 1. The normalized spacial score (nSPS) is 28.8. The zero-order valence-electron chi connectivity index (χ0n) is 22.0. The van der Waals surface area contributed by atoms with Crippen molar-refractivity contribution in [3.63, 3.8) is 0 Å². The number of hydrogen-bond acceptors (Lipinski definition) is 6. The second kappa shape index (κ2) is 12.8. The van der Waals surface area contributed by atoms with Gasteiger partial charge in [0, 0.05) is 7.11 Å². The van der Waals surface area contributed by atoms with E-state index in [1.165, 1.54) is 7.11 Å². The molecule has 0 saturated carbocycles. The predicted molar refractivity (Wildman–Crippen MR) is 128 cm³/mol. The summed E-state index contributed by atoms with van der Waals surface area (Å²) in [5, 5.41) is 10.2. The van der Waals surface area contributed by atoms with E-state index in [0.29, 0.717) is 16.7 Å². The van der Waals surface area contributed by atoms with Gasteiger partial charge in [-0.25, -0.2) is 0 Å². The van der Waals surface area contributed by atoms with Crippen LogP contribution < -0.4 is 0 Å². The van der Waals surface area contributed by atoms with Gasteiger partial charge in [-0.05, 0) is 16.7 Å². The van der Waals surface area contributed by atoms with E-state index in [-0.39, 0.29) is 0 Å². The van der Waals surface area contributed by atoms with Gasteiger partial charge in [-0.3, -0.25) is 0 Å². The van der Waals surface area contributed by atoms with Crippen LogP contribution in [0.3, 0.4) is 0 Å². The highest BCUT2D eigenvalue weighted by Gasteiger charge is 2.48. The van der Waals surface area contributed by atoms with Crippen LogP contribution >= 0.6 is 0 Å². The van der Waals surface area contributed by atoms with E-state index in [9.17, 15) is 5.11 Å². The van der Waals surface area contributed by atoms with E-state index in [2.05, 4.69) is 0 Å². The molecular weight excluding hydrogens is 432 g/mol. The van der Waals surface area contributed by atoms with Crippen molar-refractivity contribution in [2.45, 2.75) is 50.5 Å². The van der Waals surface area contributed by atoms with Crippen LogP contribution in [0.2, 0.25) is 0 Å². The molecule has 180 valence electrons. The highest BCUT2D eigenvalue weighted by molar-refractivity contribution is 5.15. The first kappa shape index (κ1) is 20.8. The Hall–Kier alpha value is -2.58. The molecule has 1 aliphatic rings. The van der Waals surface area contributed by atoms with E-state index >= 15 is 0 Å². The first-order valence-electron chi connectivity index (χ1n) is 12.9. The maximum Gasteiger partial charge on any atom is 0.186 e. The van der Waals surface area contributed by atoms with Crippen molar-refractivity contribution >= 4 is 0 Å². The van der Waals surface area contributed by atoms with E-state index in [4.69, 9.17) is 27.8 Å². The lowest BCUT2D eigenvalue weighted by atomic mass is 9.98. The topological polar surface area (TPSA) is 66.4 Å². The van der Waals surface area contributed by atoms with Crippen LogP contribution in [-0.4, -0.2) is 49.5 Å². The summed E-state index contributed by atoms with van der Waals surface area (Å²) in [5.74, 6) is 0. The van der Waals surface area contributed by atoms with Gasteiger partial charge in [0.25, 0.3) is 0 Å². The molecule has 8 atom stereocenters. The minimum absolute atomic E-state index is 0.435. The molecule has 0 aromatic heterocycles. The predicted octanol–water partition coefficient (Wildman–Crippen LogP) is 4.11. The summed E-state index contributed by atoms with van der Waals surface area (Å²) in [6, 6.07) is 27.0. The van der Waals surface area contributed by atoms with E-state index in [1.54, 1.807) is 36.4 Å². The van der Waals surface area contributed by atoms with Crippen LogP contribution in [0, 0.1) is 0 Å². The monoisotopic (exact) mass is 467 g/mol. The van der Waals surface area contributed by atoms with Gasteiger partial charge in [0.1, 0.15) is 24.4 Å². The Morgan fingerprint density at radius 2 is 1.09 bits per heavy atom. The van der Waals surface area contributed by atoms with Crippen LogP contribution in [0.25, 0.3) is 0 Å². The second-order valence-corrected chi connectivity index (χ2v) is 7.85. The van der Waals surface area contributed by atoms with E-state index in [0.717, 1.165) is 0 Å². The van der Waals surface area contributed by atoms with E-state index < -0.39 is 57.1 Å². The van der Waals surface area contributed by atoms with Crippen molar-refractivity contribution < 1.29 is 32.9 Å². The molecule has 6 nitrogen and oxygen atoms in total. The molecule has 1 fully saturated rings. The molecule has 1 N–H and O–H groups in total. The van der Waals surface area contributed by atoms with Crippen molar-refractivity contribution in [2.24, 2.45) is 0 Å². The van der Waals surface area contributed by atoms with Gasteiger partial charge in [0.2, 0.25) is 0 Å². The van der Waals surface area contributed by atoms with E-state index in [1.807, 2.05) is 54.6 Å². The Kier molecular flexibility index (Phi) is 7.79. The van der Waals surface area contributed by atoms with Crippen molar-refractivity contribution in [3.8, 4) is 0 Å². The SMILES string of the molecule is [2H]C(O[C@H]1[C@H](OC([2H])c2ccccc2)[C@@H](OC([2H])c2ccccc2)C(OC)O[C@@H]1CO)c1ccccc1. The first-order valence-corrected chi connectivity index (χ1v) is 11.2. The number of hydrogen-bond donors (Lipinski definition) is 1. The molecule has 6 heteroatoms. The van der Waals surface area contributed by atoms with Gasteiger partial charge < -0.3 is 28.8 Å². The fraction of sp³-hybridized carbons (Fsp3) is 0.357. The summed E-state index contributed by atoms with van der Waals surface area (Å²) < 4.78 is 55.9. The average molecular weight is 468 g/mol. The van der Waals surface area contributed by atoms with Crippen LogP contribution in [0.1, 0.15) is 20.8 Å². The number of methoxy groups -OCH3 is 1. The lowest BCUT2D eigenvalue weighted by Gasteiger charge is -2.45. The number of rotatable bonds is 11.